The van der Waals surface area contributed by atoms with Crippen molar-refractivity contribution in [3.8, 4) is 0 Å². The molecule has 0 heterocycles. The first-order valence-corrected chi connectivity index (χ1v) is 10.2. The lowest BCUT2D eigenvalue weighted by Crippen LogP contribution is -2.49. The minimum Gasteiger partial charge on any atom is -0.299 e. The molecular formula is C23H32O. The molecule has 0 aromatic heterocycles. The Bertz CT molecular complexity index is 645. The number of hydrogen-bond donors (Lipinski definition) is 0. The summed E-state index contributed by atoms with van der Waals surface area (Å²) in [5, 5.41) is 0. The second-order valence-corrected chi connectivity index (χ2v) is 9.08. The molecule has 0 amide bonds. The number of carbonyl (C=O) groups is 1. The van der Waals surface area contributed by atoms with Gasteiger partial charge in [0, 0.05) is 11.8 Å². The Morgan fingerprint density at radius 1 is 1.25 bits per heavy atom. The number of aryl methyl sites for hydroxylation is 2. The third kappa shape index (κ3) is 2.47. The standard InChI is InChI=1S/C23H32O/c1-4-16-8-9-17-6-5-7-19-18(20(17)14-16)10-11-23(3)21(19)12-15(2)13-22(23)24/h8-9,14-15,18-19,21H,4-7,10-13H2,1-3H3/t15?,18?,19?,21?,23-/m0/s1. The topological polar surface area (TPSA) is 17.1 Å². The minimum absolute atomic E-state index is 0.0272. The summed E-state index contributed by atoms with van der Waals surface area (Å²) in [7, 11) is 0. The zero-order valence-electron chi connectivity index (χ0n) is 15.6. The lowest BCUT2D eigenvalue weighted by atomic mass is 9.51. The molecule has 0 aliphatic heterocycles. The van der Waals surface area contributed by atoms with E-state index in [4.69, 9.17) is 0 Å². The monoisotopic (exact) mass is 324 g/mol. The maximum Gasteiger partial charge on any atom is 0.139 e. The SMILES string of the molecule is CCc1ccc2c(c1)C1CC[C@]3(C)C(=O)CC(C)CC3C1CCC2. The van der Waals surface area contributed by atoms with E-state index in [1.165, 1.54) is 37.7 Å². The van der Waals surface area contributed by atoms with Gasteiger partial charge in [0.1, 0.15) is 5.78 Å². The van der Waals surface area contributed by atoms with Crippen molar-refractivity contribution in [2.45, 2.75) is 78.1 Å². The number of Topliss-reactive ketones (excluding diaryl/α,β-unsaturated/α-hetero) is 1. The molecule has 1 aromatic rings. The van der Waals surface area contributed by atoms with E-state index in [1.807, 2.05) is 0 Å². The Morgan fingerprint density at radius 2 is 2.08 bits per heavy atom. The average molecular weight is 325 g/mol. The van der Waals surface area contributed by atoms with Crippen LogP contribution >= 0.6 is 0 Å². The highest BCUT2D eigenvalue weighted by Gasteiger charge is 2.53. The highest BCUT2D eigenvalue weighted by atomic mass is 16.1. The predicted octanol–water partition coefficient (Wildman–Crippen LogP) is 5.70. The summed E-state index contributed by atoms with van der Waals surface area (Å²) in [5.74, 6) is 3.19. The summed E-state index contributed by atoms with van der Waals surface area (Å²) in [6.45, 7) is 6.85. The largest absolute Gasteiger partial charge is 0.299 e. The van der Waals surface area contributed by atoms with E-state index >= 15 is 0 Å². The zero-order chi connectivity index (χ0) is 16.9. The van der Waals surface area contributed by atoms with Crippen molar-refractivity contribution in [2.24, 2.45) is 23.2 Å². The number of fused-ring (bicyclic) bond motifs is 5. The number of ketones is 1. The summed E-state index contributed by atoms with van der Waals surface area (Å²) in [5.41, 5.74) is 4.69. The van der Waals surface area contributed by atoms with E-state index in [0.717, 1.165) is 25.2 Å². The molecule has 0 bridgehead atoms. The summed E-state index contributed by atoms with van der Waals surface area (Å²) in [6, 6.07) is 7.24. The summed E-state index contributed by atoms with van der Waals surface area (Å²) >= 11 is 0. The van der Waals surface area contributed by atoms with Crippen LogP contribution in [0.5, 0.6) is 0 Å². The van der Waals surface area contributed by atoms with Gasteiger partial charge in [0.25, 0.3) is 0 Å². The molecule has 1 nitrogen and oxygen atoms in total. The first-order chi connectivity index (χ1) is 11.5. The maximum absolute atomic E-state index is 12.9. The lowest BCUT2D eigenvalue weighted by Gasteiger charge is -2.52. The fourth-order valence-electron chi connectivity index (χ4n) is 6.21. The fourth-order valence-corrected chi connectivity index (χ4v) is 6.21. The van der Waals surface area contributed by atoms with Gasteiger partial charge in [-0.1, -0.05) is 39.0 Å². The number of rotatable bonds is 1. The van der Waals surface area contributed by atoms with Crippen LogP contribution in [0.3, 0.4) is 0 Å². The molecule has 0 saturated heterocycles. The molecule has 0 spiro atoms. The van der Waals surface area contributed by atoms with Crippen LogP contribution in [-0.2, 0) is 17.6 Å². The van der Waals surface area contributed by atoms with E-state index in [9.17, 15) is 4.79 Å². The predicted molar refractivity (Wildman–Crippen MR) is 99.2 cm³/mol. The van der Waals surface area contributed by atoms with Crippen molar-refractivity contribution in [3.63, 3.8) is 0 Å². The summed E-state index contributed by atoms with van der Waals surface area (Å²) in [6.07, 6.45) is 9.40. The molecule has 3 aliphatic rings. The molecular weight excluding hydrogens is 292 g/mol. The average Bonchev–Trinajstić information content (AvgIpc) is 2.75. The van der Waals surface area contributed by atoms with Crippen molar-refractivity contribution in [1.82, 2.24) is 0 Å². The lowest BCUT2D eigenvalue weighted by molar-refractivity contribution is -0.142. The van der Waals surface area contributed by atoms with Crippen LogP contribution in [0.2, 0.25) is 0 Å². The Hall–Kier alpha value is -1.11. The van der Waals surface area contributed by atoms with Gasteiger partial charge in [0.15, 0.2) is 0 Å². The summed E-state index contributed by atoms with van der Waals surface area (Å²) in [4.78, 5) is 12.9. The van der Waals surface area contributed by atoms with Crippen LogP contribution in [0, 0.1) is 23.2 Å². The van der Waals surface area contributed by atoms with Crippen molar-refractivity contribution in [2.75, 3.05) is 0 Å². The Morgan fingerprint density at radius 3 is 2.88 bits per heavy atom. The van der Waals surface area contributed by atoms with Gasteiger partial charge in [0.05, 0.1) is 0 Å². The van der Waals surface area contributed by atoms with Crippen LogP contribution in [0.4, 0.5) is 0 Å². The third-order valence-electron chi connectivity index (χ3n) is 7.66. The molecule has 4 unspecified atom stereocenters. The first kappa shape index (κ1) is 16.4. The van der Waals surface area contributed by atoms with E-state index in [-0.39, 0.29) is 5.41 Å². The number of hydrogen-bond acceptors (Lipinski definition) is 1. The molecule has 1 heteroatoms. The molecule has 24 heavy (non-hydrogen) atoms. The molecule has 0 N–H and O–H groups in total. The van der Waals surface area contributed by atoms with E-state index in [2.05, 4.69) is 39.0 Å². The van der Waals surface area contributed by atoms with Gasteiger partial charge in [0.2, 0.25) is 0 Å². The molecule has 5 atom stereocenters. The highest BCUT2D eigenvalue weighted by molar-refractivity contribution is 5.86. The van der Waals surface area contributed by atoms with Crippen molar-refractivity contribution < 1.29 is 4.79 Å². The molecule has 0 radical (unpaired) electrons. The molecule has 2 saturated carbocycles. The Kier molecular flexibility index (Phi) is 4.09. The first-order valence-electron chi connectivity index (χ1n) is 10.2. The number of benzene rings is 1. The van der Waals surface area contributed by atoms with Crippen molar-refractivity contribution >= 4 is 5.78 Å². The molecule has 1 aromatic carbocycles. The van der Waals surface area contributed by atoms with Gasteiger partial charge in [-0.15, -0.1) is 0 Å². The second kappa shape index (κ2) is 6.00. The third-order valence-corrected chi connectivity index (χ3v) is 7.66. The normalized spacial score (nSPS) is 38.7. The smallest absolute Gasteiger partial charge is 0.139 e. The van der Waals surface area contributed by atoms with Gasteiger partial charge >= 0.3 is 0 Å². The molecule has 130 valence electrons. The summed E-state index contributed by atoms with van der Waals surface area (Å²) < 4.78 is 0. The number of carbonyl (C=O) groups excluding carboxylic acids is 1. The Labute approximate surface area is 147 Å². The van der Waals surface area contributed by atoms with Gasteiger partial charge < -0.3 is 0 Å². The van der Waals surface area contributed by atoms with E-state index < -0.39 is 0 Å². The van der Waals surface area contributed by atoms with Gasteiger partial charge in [-0.25, -0.2) is 0 Å². The highest BCUT2D eigenvalue weighted by Crippen LogP contribution is 2.58. The van der Waals surface area contributed by atoms with Crippen LogP contribution < -0.4 is 0 Å². The minimum atomic E-state index is -0.0272. The van der Waals surface area contributed by atoms with Gasteiger partial charge in [-0.05, 0) is 85.3 Å². The Balaban J connectivity index is 1.74. The van der Waals surface area contributed by atoms with Gasteiger partial charge in [-0.3, -0.25) is 4.79 Å². The molecule has 3 aliphatic carbocycles. The van der Waals surface area contributed by atoms with E-state index in [1.54, 1.807) is 11.1 Å². The fraction of sp³-hybridized carbons (Fsp3) is 0.696. The van der Waals surface area contributed by atoms with Crippen LogP contribution in [0.1, 0.15) is 81.9 Å². The molecule has 2 fully saturated rings. The van der Waals surface area contributed by atoms with Crippen LogP contribution in [0.15, 0.2) is 18.2 Å². The van der Waals surface area contributed by atoms with Crippen LogP contribution in [0.25, 0.3) is 0 Å². The van der Waals surface area contributed by atoms with Crippen LogP contribution in [-0.4, -0.2) is 5.78 Å². The molecule has 4 rings (SSSR count). The second-order valence-electron chi connectivity index (χ2n) is 9.08. The van der Waals surface area contributed by atoms with Crippen molar-refractivity contribution in [1.29, 1.82) is 0 Å². The maximum atomic E-state index is 12.9. The van der Waals surface area contributed by atoms with Gasteiger partial charge in [-0.2, -0.15) is 0 Å². The zero-order valence-corrected chi connectivity index (χ0v) is 15.6. The van der Waals surface area contributed by atoms with E-state index in [0.29, 0.717) is 23.5 Å². The quantitative estimate of drug-likeness (QED) is 0.647. The van der Waals surface area contributed by atoms with Crippen molar-refractivity contribution in [3.05, 3.63) is 34.9 Å².